The number of rotatable bonds is 4. The molecule has 1 amide bonds. The van der Waals surface area contributed by atoms with E-state index in [9.17, 15) is 19.5 Å². The van der Waals surface area contributed by atoms with Crippen LogP contribution in [0.5, 0.6) is 5.75 Å². The number of hydrogen-bond donors (Lipinski definition) is 4. The zero-order valence-electron chi connectivity index (χ0n) is 15.4. The molecule has 1 atom stereocenters. The number of hydrogen-bond acceptors (Lipinski definition) is 5. The fourth-order valence-corrected chi connectivity index (χ4v) is 3.05. The van der Waals surface area contributed by atoms with Gasteiger partial charge in [-0.05, 0) is 36.6 Å². The van der Waals surface area contributed by atoms with Crippen molar-refractivity contribution in [3.8, 4) is 5.75 Å². The van der Waals surface area contributed by atoms with Crippen molar-refractivity contribution in [3.63, 3.8) is 0 Å². The molecular weight excluding hydrogens is 374 g/mol. The monoisotopic (exact) mass is 391 g/mol. The van der Waals surface area contributed by atoms with E-state index in [1.807, 2.05) is 12.1 Å². The summed E-state index contributed by atoms with van der Waals surface area (Å²) >= 11 is 0. The summed E-state index contributed by atoms with van der Waals surface area (Å²) in [6.45, 7) is 1.43. The quantitative estimate of drug-likeness (QED) is 0.398. The van der Waals surface area contributed by atoms with E-state index in [0.29, 0.717) is 22.1 Å². The molecule has 0 unspecified atom stereocenters. The van der Waals surface area contributed by atoms with Crippen molar-refractivity contribution >= 4 is 39.4 Å². The van der Waals surface area contributed by atoms with E-state index in [1.54, 1.807) is 36.4 Å². The smallest absolute Gasteiger partial charge is 0.342 e. The third-order valence-electron chi connectivity index (χ3n) is 4.56. The molecule has 0 saturated carbocycles. The number of esters is 1. The molecule has 0 fully saturated rings. The van der Waals surface area contributed by atoms with E-state index in [-0.39, 0.29) is 17.0 Å². The van der Waals surface area contributed by atoms with Crippen LogP contribution in [0, 0.1) is 0 Å². The van der Waals surface area contributed by atoms with Crippen LogP contribution in [0.15, 0.2) is 59.4 Å². The Kier molecular flexibility index (Phi) is 4.52. The molecule has 0 aliphatic carbocycles. The molecule has 4 N–H and O–H groups in total. The van der Waals surface area contributed by atoms with Crippen LogP contribution < -0.4 is 11.0 Å². The first-order chi connectivity index (χ1) is 13.9. The number of carbonyl (C=O) groups excluding carboxylic acids is 2. The third kappa shape index (κ3) is 3.55. The molecule has 8 heteroatoms. The first kappa shape index (κ1) is 18.3. The number of aromatic amines is 2. The number of imidazole rings is 1. The predicted molar refractivity (Wildman–Crippen MR) is 108 cm³/mol. The maximum absolute atomic E-state index is 12.4. The fourth-order valence-electron chi connectivity index (χ4n) is 3.05. The van der Waals surface area contributed by atoms with Gasteiger partial charge in [-0.2, -0.15) is 0 Å². The van der Waals surface area contributed by atoms with Crippen LogP contribution in [-0.4, -0.2) is 33.1 Å². The summed E-state index contributed by atoms with van der Waals surface area (Å²) in [6.07, 6.45) is -1.10. The second kappa shape index (κ2) is 7.16. The van der Waals surface area contributed by atoms with Crippen LogP contribution >= 0.6 is 0 Å². The molecule has 29 heavy (non-hydrogen) atoms. The van der Waals surface area contributed by atoms with E-state index in [2.05, 4.69) is 15.3 Å². The number of amides is 1. The highest BCUT2D eigenvalue weighted by atomic mass is 16.5. The Labute approximate surface area is 164 Å². The SMILES string of the molecule is C[C@@H](OC(=O)c1ccc2ccccc2c1O)C(=O)Nc1ccc2[nH]c(=O)[nH]c2c1. The van der Waals surface area contributed by atoms with Crippen molar-refractivity contribution < 1.29 is 19.4 Å². The summed E-state index contributed by atoms with van der Waals surface area (Å²) < 4.78 is 5.22. The lowest BCUT2D eigenvalue weighted by Crippen LogP contribution is -2.30. The molecule has 146 valence electrons. The highest BCUT2D eigenvalue weighted by Gasteiger charge is 2.22. The first-order valence-electron chi connectivity index (χ1n) is 8.87. The second-order valence-electron chi connectivity index (χ2n) is 6.56. The molecule has 0 aliphatic rings. The molecule has 3 aromatic carbocycles. The van der Waals surface area contributed by atoms with Gasteiger partial charge in [0, 0.05) is 11.1 Å². The lowest BCUT2D eigenvalue weighted by molar-refractivity contribution is -0.123. The molecule has 8 nitrogen and oxygen atoms in total. The predicted octanol–water partition coefficient (Wildman–Crippen LogP) is 2.90. The fraction of sp³-hybridized carbons (Fsp3) is 0.0952. The summed E-state index contributed by atoms with van der Waals surface area (Å²) in [4.78, 5) is 41.4. The minimum absolute atomic E-state index is 0.0188. The Morgan fingerprint density at radius 2 is 1.79 bits per heavy atom. The van der Waals surface area contributed by atoms with Gasteiger partial charge in [0.2, 0.25) is 0 Å². The molecule has 1 aromatic heterocycles. The van der Waals surface area contributed by atoms with Gasteiger partial charge in [0.05, 0.1) is 11.0 Å². The Balaban J connectivity index is 1.48. The van der Waals surface area contributed by atoms with Crippen molar-refractivity contribution in [1.29, 1.82) is 0 Å². The first-order valence-corrected chi connectivity index (χ1v) is 8.87. The van der Waals surface area contributed by atoms with Crippen molar-refractivity contribution in [2.45, 2.75) is 13.0 Å². The van der Waals surface area contributed by atoms with Gasteiger partial charge in [-0.3, -0.25) is 4.79 Å². The standard InChI is InChI=1S/C21H17N3O5/c1-11(19(26)22-13-7-9-16-17(10-13)24-21(28)23-16)29-20(27)15-8-6-12-4-2-3-5-14(12)18(15)25/h2-11,25H,1H3,(H,22,26)(H2,23,24,28)/t11-/m1/s1. The van der Waals surface area contributed by atoms with Crippen LogP contribution in [0.3, 0.4) is 0 Å². The van der Waals surface area contributed by atoms with Gasteiger partial charge < -0.3 is 25.1 Å². The molecule has 4 aromatic rings. The number of anilines is 1. The molecular formula is C21H17N3O5. The molecule has 1 heterocycles. The van der Waals surface area contributed by atoms with Gasteiger partial charge in [0.1, 0.15) is 11.3 Å². The molecule has 0 spiro atoms. The van der Waals surface area contributed by atoms with E-state index in [1.165, 1.54) is 13.0 Å². The minimum Gasteiger partial charge on any atom is -0.506 e. The molecule has 0 bridgehead atoms. The van der Waals surface area contributed by atoms with Crippen molar-refractivity contribution in [2.75, 3.05) is 5.32 Å². The Hall–Kier alpha value is -4.07. The number of fused-ring (bicyclic) bond motifs is 2. The molecule has 0 radical (unpaired) electrons. The minimum atomic E-state index is -1.10. The average Bonchev–Trinajstić information content (AvgIpc) is 3.07. The summed E-state index contributed by atoms with van der Waals surface area (Å²) in [5.41, 5.74) is 1.22. The van der Waals surface area contributed by atoms with Crippen molar-refractivity contribution in [1.82, 2.24) is 9.97 Å². The van der Waals surface area contributed by atoms with Gasteiger partial charge in [0.15, 0.2) is 6.10 Å². The number of aromatic hydroxyl groups is 1. The average molecular weight is 391 g/mol. The second-order valence-corrected chi connectivity index (χ2v) is 6.56. The highest BCUT2D eigenvalue weighted by Crippen LogP contribution is 2.29. The number of aromatic nitrogens is 2. The van der Waals surface area contributed by atoms with Crippen molar-refractivity contribution in [3.05, 3.63) is 70.6 Å². The van der Waals surface area contributed by atoms with Gasteiger partial charge in [-0.15, -0.1) is 0 Å². The molecule has 4 rings (SSSR count). The summed E-state index contributed by atoms with van der Waals surface area (Å²) in [7, 11) is 0. The van der Waals surface area contributed by atoms with Gasteiger partial charge >= 0.3 is 11.7 Å². The lowest BCUT2D eigenvalue weighted by atomic mass is 10.1. The normalized spacial score (nSPS) is 12.0. The number of benzene rings is 3. The van der Waals surface area contributed by atoms with E-state index >= 15 is 0 Å². The number of nitrogens with one attached hydrogen (secondary N) is 3. The van der Waals surface area contributed by atoms with E-state index in [4.69, 9.17) is 4.74 Å². The van der Waals surface area contributed by atoms with E-state index < -0.39 is 18.0 Å². The number of ether oxygens (including phenoxy) is 1. The largest absolute Gasteiger partial charge is 0.506 e. The van der Waals surface area contributed by atoms with Crippen LogP contribution in [0.4, 0.5) is 5.69 Å². The number of phenols is 1. The zero-order chi connectivity index (χ0) is 20.5. The number of carbonyl (C=O) groups is 2. The third-order valence-corrected chi connectivity index (χ3v) is 4.56. The van der Waals surface area contributed by atoms with Crippen LogP contribution in [0.2, 0.25) is 0 Å². The maximum Gasteiger partial charge on any atom is 0.342 e. The summed E-state index contributed by atoms with van der Waals surface area (Å²) in [6, 6.07) is 15.1. The van der Waals surface area contributed by atoms with Crippen LogP contribution in [0.25, 0.3) is 21.8 Å². The van der Waals surface area contributed by atoms with Crippen LogP contribution in [-0.2, 0) is 9.53 Å². The molecule has 0 saturated heterocycles. The number of H-pyrrole nitrogens is 2. The van der Waals surface area contributed by atoms with E-state index in [0.717, 1.165) is 5.39 Å². The maximum atomic E-state index is 12.4. The Bertz CT molecular complexity index is 1300. The van der Waals surface area contributed by atoms with Gasteiger partial charge in [0.25, 0.3) is 5.91 Å². The Morgan fingerprint density at radius 1 is 1.03 bits per heavy atom. The Morgan fingerprint density at radius 3 is 2.62 bits per heavy atom. The van der Waals surface area contributed by atoms with Crippen molar-refractivity contribution in [2.24, 2.45) is 0 Å². The summed E-state index contributed by atoms with van der Waals surface area (Å²) in [5, 5.41) is 14.3. The van der Waals surface area contributed by atoms with Crippen LogP contribution in [0.1, 0.15) is 17.3 Å². The zero-order valence-corrected chi connectivity index (χ0v) is 15.4. The lowest BCUT2D eigenvalue weighted by Gasteiger charge is -2.14. The highest BCUT2D eigenvalue weighted by molar-refractivity contribution is 6.03. The molecule has 0 aliphatic heterocycles. The summed E-state index contributed by atoms with van der Waals surface area (Å²) in [5.74, 6) is -1.54. The number of phenolic OH excluding ortho intramolecular Hbond substituents is 1. The van der Waals surface area contributed by atoms with Gasteiger partial charge in [-0.1, -0.05) is 30.3 Å². The van der Waals surface area contributed by atoms with Gasteiger partial charge in [-0.25, -0.2) is 9.59 Å². The topological polar surface area (TPSA) is 124 Å².